The van der Waals surface area contributed by atoms with Gasteiger partial charge in [0.1, 0.15) is 6.04 Å². The lowest BCUT2D eigenvalue weighted by Crippen LogP contribution is -2.41. The summed E-state index contributed by atoms with van der Waals surface area (Å²) in [6.07, 6.45) is 1.77. The molecule has 7 nitrogen and oxygen atoms in total. The first-order valence-corrected chi connectivity index (χ1v) is 6.73. The summed E-state index contributed by atoms with van der Waals surface area (Å²) < 4.78 is 0. The molecule has 2 aromatic rings. The standard InChI is InChI=1S/C14H18N4O3/c1-7(2)4-11(14(20)21)16-13(19)9-5-10-8(3)17-18-12(10)15-6-9/h5-7,11H,4H2,1-3H3,(H,16,19)(H,20,21)(H,15,17,18)/t11-/m0/s1. The van der Waals surface area contributed by atoms with Crippen LogP contribution in [0.25, 0.3) is 11.0 Å². The fourth-order valence-corrected chi connectivity index (χ4v) is 2.08. The Morgan fingerprint density at radius 1 is 1.43 bits per heavy atom. The molecule has 1 amide bonds. The molecule has 0 saturated carbocycles. The number of fused-ring (bicyclic) bond motifs is 1. The van der Waals surface area contributed by atoms with Crippen molar-refractivity contribution in [2.45, 2.75) is 33.2 Å². The molecule has 0 radical (unpaired) electrons. The topological polar surface area (TPSA) is 108 Å². The first kappa shape index (κ1) is 15.0. The van der Waals surface area contributed by atoms with Gasteiger partial charge in [0, 0.05) is 17.3 Å². The van der Waals surface area contributed by atoms with E-state index in [4.69, 9.17) is 5.11 Å². The predicted molar refractivity (Wildman–Crippen MR) is 77.0 cm³/mol. The molecular formula is C14H18N4O3. The van der Waals surface area contributed by atoms with Gasteiger partial charge >= 0.3 is 5.97 Å². The van der Waals surface area contributed by atoms with Crippen LogP contribution in [-0.4, -0.2) is 38.2 Å². The highest BCUT2D eigenvalue weighted by atomic mass is 16.4. The molecular weight excluding hydrogens is 272 g/mol. The quantitative estimate of drug-likeness (QED) is 0.773. The van der Waals surface area contributed by atoms with Crippen molar-refractivity contribution in [1.29, 1.82) is 0 Å². The van der Waals surface area contributed by atoms with Crippen molar-refractivity contribution in [2.75, 3.05) is 0 Å². The number of pyridine rings is 1. The molecule has 0 aliphatic rings. The molecule has 0 spiro atoms. The summed E-state index contributed by atoms with van der Waals surface area (Å²) in [5, 5.41) is 19.2. The van der Waals surface area contributed by atoms with Gasteiger partial charge in [-0.25, -0.2) is 9.78 Å². The third-order valence-corrected chi connectivity index (χ3v) is 3.17. The number of hydrogen-bond donors (Lipinski definition) is 3. The van der Waals surface area contributed by atoms with Crippen LogP contribution in [0.3, 0.4) is 0 Å². The molecule has 2 rings (SSSR count). The predicted octanol–water partition coefficient (Wildman–Crippen LogP) is 1.50. The summed E-state index contributed by atoms with van der Waals surface area (Å²) in [5.74, 6) is -1.31. The van der Waals surface area contributed by atoms with Gasteiger partial charge in [-0.1, -0.05) is 13.8 Å². The third kappa shape index (κ3) is 3.36. The van der Waals surface area contributed by atoms with Gasteiger partial charge in [0.25, 0.3) is 5.91 Å². The first-order chi connectivity index (χ1) is 9.88. The summed E-state index contributed by atoms with van der Waals surface area (Å²) in [5.41, 5.74) is 1.66. The van der Waals surface area contributed by atoms with E-state index in [1.54, 1.807) is 6.07 Å². The average Bonchev–Trinajstić information content (AvgIpc) is 2.78. The van der Waals surface area contributed by atoms with E-state index < -0.39 is 17.9 Å². The molecule has 2 heterocycles. The Hall–Kier alpha value is -2.44. The van der Waals surface area contributed by atoms with Gasteiger partial charge in [-0.05, 0) is 25.3 Å². The number of carboxylic acid groups (broad SMARTS) is 1. The molecule has 0 fully saturated rings. The van der Waals surface area contributed by atoms with Crippen LogP contribution in [0, 0.1) is 12.8 Å². The summed E-state index contributed by atoms with van der Waals surface area (Å²) in [7, 11) is 0. The Labute approximate surface area is 121 Å². The minimum absolute atomic E-state index is 0.170. The monoisotopic (exact) mass is 290 g/mol. The normalized spacial score (nSPS) is 12.6. The van der Waals surface area contributed by atoms with Crippen LogP contribution in [0.5, 0.6) is 0 Å². The summed E-state index contributed by atoms with van der Waals surface area (Å²) in [4.78, 5) is 27.4. The number of aryl methyl sites for hydroxylation is 1. The molecule has 7 heteroatoms. The third-order valence-electron chi connectivity index (χ3n) is 3.17. The van der Waals surface area contributed by atoms with E-state index in [2.05, 4.69) is 20.5 Å². The number of H-pyrrole nitrogens is 1. The Kier molecular flexibility index (Phi) is 4.21. The largest absolute Gasteiger partial charge is 0.480 e. The maximum atomic E-state index is 12.2. The number of carbonyl (C=O) groups excluding carboxylic acids is 1. The molecule has 0 aromatic carbocycles. The SMILES string of the molecule is Cc1[nH]nc2ncc(C(=O)N[C@@H](CC(C)C)C(=O)O)cc12. The summed E-state index contributed by atoms with van der Waals surface area (Å²) >= 11 is 0. The molecule has 2 aromatic heterocycles. The Balaban J connectivity index is 2.20. The van der Waals surface area contributed by atoms with E-state index in [1.807, 2.05) is 20.8 Å². The Morgan fingerprint density at radius 2 is 2.14 bits per heavy atom. The highest BCUT2D eigenvalue weighted by Gasteiger charge is 2.22. The fourth-order valence-electron chi connectivity index (χ4n) is 2.08. The molecule has 0 saturated heterocycles. The zero-order valence-corrected chi connectivity index (χ0v) is 12.2. The van der Waals surface area contributed by atoms with Gasteiger partial charge in [-0.2, -0.15) is 5.10 Å². The number of aromatic amines is 1. The van der Waals surface area contributed by atoms with E-state index in [-0.39, 0.29) is 5.92 Å². The lowest BCUT2D eigenvalue weighted by atomic mass is 10.0. The van der Waals surface area contributed by atoms with Crippen LogP contribution in [0.4, 0.5) is 0 Å². The second-order valence-corrected chi connectivity index (χ2v) is 5.44. The van der Waals surface area contributed by atoms with Gasteiger partial charge in [-0.15, -0.1) is 0 Å². The highest BCUT2D eigenvalue weighted by molar-refractivity contribution is 5.98. The molecule has 3 N–H and O–H groups in total. The molecule has 1 atom stereocenters. The number of nitrogens with one attached hydrogen (secondary N) is 2. The lowest BCUT2D eigenvalue weighted by molar-refractivity contribution is -0.139. The van der Waals surface area contributed by atoms with Gasteiger partial charge in [0.2, 0.25) is 0 Å². The van der Waals surface area contributed by atoms with Crippen LogP contribution < -0.4 is 5.32 Å². The van der Waals surface area contributed by atoms with Crippen LogP contribution in [-0.2, 0) is 4.79 Å². The average molecular weight is 290 g/mol. The van der Waals surface area contributed by atoms with Crippen LogP contribution in [0.15, 0.2) is 12.3 Å². The maximum Gasteiger partial charge on any atom is 0.326 e. The Bertz CT molecular complexity index is 678. The van der Waals surface area contributed by atoms with Gasteiger partial charge < -0.3 is 10.4 Å². The van der Waals surface area contributed by atoms with E-state index in [0.717, 1.165) is 11.1 Å². The number of carbonyl (C=O) groups is 2. The Morgan fingerprint density at radius 3 is 2.76 bits per heavy atom. The van der Waals surface area contributed by atoms with E-state index in [1.165, 1.54) is 6.20 Å². The van der Waals surface area contributed by atoms with Gasteiger partial charge in [0.15, 0.2) is 5.65 Å². The number of nitrogens with zero attached hydrogens (tertiary/aromatic N) is 2. The summed E-state index contributed by atoms with van der Waals surface area (Å²) in [6, 6.07) is 0.753. The minimum Gasteiger partial charge on any atom is -0.480 e. The van der Waals surface area contributed by atoms with Gasteiger partial charge in [-0.3, -0.25) is 9.89 Å². The van der Waals surface area contributed by atoms with Crippen LogP contribution >= 0.6 is 0 Å². The number of amides is 1. The van der Waals surface area contributed by atoms with Crippen LogP contribution in [0.2, 0.25) is 0 Å². The molecule has 21 heavy (non-hydrogen) atoms. The highest BCUT2D eigenvalue weighted by Crippen LogP contribution is 2.15. The number of carboxylic acids is 1. The van der Waals surface area contributed by atoms with Crippen molar-refractivity contribution in [3.63, 3.8) is 0 Å². The molecule has 0 bridgehead atoms. The number of rotatable bonds is 5. The maximum absolute atomic E-state index is 12.2. The second kappa shape index (κ2) is 5.90. The molecule has 112 valence electrons. The first-order valence-electron chi connectivity index (χ1n) is 6.73. The zero-order valence-electron chi connectivity index (χ0n) is 12.2. The molecule has 0 aliphatic heterocycles. The van der Waals surface area contributed by atoms with Crippen molar-refractivity contribution >= 4 is 22.9 Å². The lowest BCUT2D eigenvalue weighted by Gasteiger charge is -2.16. The zero-order chi connectivity index (χ0) is 15.6. The van der Waals surface area contributed by atoms with Gasteiger partial charge in [0.05, 0.1) is 5.56 Å². The number of aliphatic carboxylic acids is 1. The molecule has 0 unspecified atom stereocenters. The number of aromatic nitrogens is 3. The smallest absolute Gasteiger partial charge is 0.326 e. The van der Waals surface area contributed by atoms with E-state index in [0.29, 0.717) is 17.6 Å². The second-order valence-electron chi connectivity index (χ2n) is 5.44. The van der Waals surface area contributed by atoms with Crippen molar-refractivity contribution < 1.29 is 14.7 Å². The van der Waals surface area contributed by atoms with Crippen molar-refractivity contribution in [2.24, 2.45) is 5.92 Å². The minimum atomic E-state index is -1.04. The summed E-state index contributed by atoms with van der Waals surface area (Å²) in [6.45, 7) is 5.65. The number of hydrogen-bond acceptors (Lipinski definition) is 4. The van der Waals surface area contributed by atoms with E-state index in [9.17, 15) is 9.59 Å². The van der Waals surface area contributed by atoms with Crippen molar-refractivity contribution in [1.82, 2.24) is 20.5 Å². The van der Waals surface area contributed by atoms with Crippen molar-refractivity contribution in [3.8, 4) is 0 Å². The molecule has 0 aliphatic carbocycles. The van der Waals surface area contributed by atoms with Crippen molar-refractivity contribution in [3.05, 3.63) is 23.5 Å². The van der Waals surface area contributed by atoms with Crippen LogP contribution in [0.1, 0.15) is 36.3 Å². The van der Waals surface area contributed by atoms with E-state index >= 15 is 0 Å². The fraction of sp³-hybridized carbons (Fsp3) is 0.429.